The largest absolute Gasteiger partial charge is 0.494 e. The summed E-state index contributed by atoms with van der Waals surface area (Å²) in [6.45, 7) is 1.29. The Balaban J connectivity index is 0.00000441. The van der Waals surface area contributed by atoms with E-state index >= 15 is 0 Å². The van der Waals surface area contributed by atoms with Crippen LogP contribution in [-0.4, -0.2) is 32.1 Å². The summed E-state index contributed by atoms with van der Waals surface area (Å²) in [4.78, 5) is 22.2. The number of hydrogen-bond acceptors (Lipinski definition) is 5. The number of amides is 1. The summed E-state index contributed by atoms with van der Waals surface area (Å²) < 4.78 is 10.1. The number of carbonyl (C=O) groups is 2. The van der Waals surface area contributed by atoms with Gasteiger partial charge in [0.1, 0.15) is 5.75 Å². The van der Waals surface area contributed by atoms with Crippen LogP contribution in [0.25, 0.3) is 0 Å². The Morgan fingerprint density at radius 1 is 1.18 bits per heavy atom. The molecule has 0 atom stereocenters. The smallest absolute Gasteiger partial charge is 0.305 e. The van der Waals surface area contributed by atoms with E-state index in [1.807, 2.05) is 24.3 Å². The van der Waals surface area contributed by atoms with Gasteiger partial charge in [-0.25, -0.2) is 0 Å². The number of nitrogens with one attached hydrogen (secondary N) is 1. The van der Waals surface area contributed by atoms with Crippen LogP contribution in [0.1, 0.15) is 24.8 Å². The van der Waals surface area contributed by atoms with Gasteiger partial charge in [0.05, 0.1) is 13.7 Å². The standard InChI is InChI=1S/C15H22N2O4.ClH/c1-20-15(19)3-2-10-21-13-6-4-12(5-7-13)11-17-14(18)8-9-16;/h4-7H,2-3,8-11,16H2,1H3,(H,17,18);1H. The lowest BCUT2D eigenvalue weighted by Crippen LogP contribution is -2.24. The van der Waals surface area contributed by atoms with Crippen LogP contribution in [0.4, 0.5) is 0 Å². The SMILES string of the molecule is COC(=O)CCCOc1ccc(CNC(=O)CCN)cc1.Cl. The Hall–Kier alpha value is -1.79. The van der Waals surface area contributed by atoms with E-state index in [2.05, 4.69) is 10.1 Å². The van der Waals surface area contributed by atoms with Crippen molar-refractivity contribution >= 4 is 24.3 Å². The first-order valence-corrected chi connectivity index (χ1v) is 6.91. The first kappa shape index (κ1) is 20.2. The fourth-order valence-electron chi connectivity index (χ4n) is 1.63. The van der Waals surface area contributed by atoms with Crippen molar-refractivity contribution in [1.82, 2.24) is 5.32 Å². The van der Waals surface area contributed by atoms with Crippen molar-refractivity contribution in [3.63, 3.8) is 0 Å². The monoisotopic (exact) mass is 330 g/mol. The van der Waals surface area contributed by atoms with Gasteiger partial charge in [0.2, 0.25) is 5.91 Å². The summed E-state index contributed by atoms with van der Waals surface area (Å²) in [6, 6.07) is 7.45. The maximum absolute atomic E-state index is 11.3. The normalized spacial score (nSPS) is 9.55. The average molecular weight is 331 g/mol. The van der Waals surface area contributed by atoms with Gasteiger partial charge >= 0.3 is 5.97 Å². The predicted octanol–water partition coefficient (Wildman–Crippen LogP) is 1.41. The van der Waals surface area contributed by atoms with Crippen molar-refractivity contribution in [2.24, 2.45) is 5.73 Å². The number of carbonyl (C=O) groups excluding carboxylic acids is 2. The summed E-state index contributed by atoms with van der Waals surface area (Å²) in [5.41, 5.74) is 6.29. The van der Waals surface area contributed by atoms with Gasteiger partial charge in [-0.3, -0.25) is 9.59 Å². The average Bonchev–Trinajstić information content (AvgIpc) is 2.50. The number of methoxy groups -OCH3 is 1. The molecule has 1 amide bonds. The fraction of sp³-hybridized carbons (Fsp3) is 0.467. The molecule has 0 aliphatic rings. The van der Waals surface area contributed by atoms with E-state index in [1.165, 1.54) is 7.11 Å². The van der Waals surface area contributed by atoms with Gasteiger partial charge in [-0.1, -0.05) is 12.1 Å². The lowest BCUT2D eigenvalue weighted by atomic mass is 10.2. The maximum atomic E-state index is 11.3. The number of halogens is 1. The van der Waals surface area contributed by atoms with E-state index in [-0.39, 0.29) is 24.3 Å². The lowest BCUT2D eigenvalue weighted by Gasteiger charge is -2.08. The summed E-state index contributed by atoms with van der Waals surface area (Å²) in [6.07, 6.45) is 1.30. The zero-order valence-electron chi connectivity index (χ0n) is 12.7. The topological polar surface area (TPSA) is 90.6 Å². The van der Waals surface area contributed by atoms with E-state index in [0.29, 0.717) is 39.0 Å². The van der Waals surface area contributed by atoms with Crippen molar-refractivity contribution < 1.29 is 19.1 Å². The Bertz CT molecular complexity index is 451. The van der Waals surface area contributed by atoms with Crippen LogP contribution in [0.2, 0.25) is 0 Å². The molecular weight excluding hydrogens is 308 g/mol. The molecule has 6 nitrogen and oxygen atoms in total. The molecule has 124 valence electrons. The van der Waals surface area contributed by atoms with Crippen LogP contribution >= 0.6 is 12.4 Å². The zero-order chi connectivity index (χ0) is 15.5. The molecule has 0 aliphatic heterocycles. The van der Waals surface area contributed by atoms with Gasteiger partial charge in [-0.05, 0) is 24.1 Å². The maximum Gasteiger partial charge on any atom is 0.305 e. The van der Waals surface area contributed by atoms with Crippen LogP contribution in [0, 0.1) is 0 Å². The first-order chi connectivity index (χ1) is 10.2. The molecule has 0 heterocycles. The summed E-state index contributed by atoms with van der Waals surface area (Å²) in [5, 5.41) is 2.78. The molecule has 7 heteroatoms. The lowest BCUT2D eigenvalue weighted by molar-refractivity contribution is -0.140. The summed E-state index contributed by atoms with van der Waals surface area (Å²) >= 11 is 0. The van der Waals surface area contributed by atoms with Crippen LogP contribution in [0.3, 0.4) is 0 Å². The van der Waals surface area contributed by atoms with Gasteiger partial charge in [0, 0.05) is 25.9 Å². The van der Waals surface area contributed by atoms with Crippen molar-refractivity contribution in [1.29, 1.82) is 0 Å². The fourth-order valence-corrected chi connectivity index (χ4v) is 1.63. The Kier molecular flexibility index (Phi) is 10.9. The summed E-state index contributed by atoms with van der Waals surface area (Å²) in [7, 11) is 1.37. The van der Waals surface area contributed by atoms with Crippen molar-refractivity contribution in [3.05, 3.63) is 29.8 Å². The molecule has 0 spiro atoms. The van der Waals surface area contributed by atoms with E-state index in [4.69, 9.17) is 10.5 Å². The number of ether oxygens (including phenoxy) is 2. The molecule has 0 fully saturated rings. The number of benzene rings is 1. The molecule has 0 aromatic heterocycles. The number of rotatable bonds is 9. The Morgan fingerprint density at radius 3 is 2.45 bits per heavy atom. The molecule has 0 radical (unpaired) electrons. The number of hydrogen-bond donors (Lipinski definition) is 2. The van der Waals surface area contributed by atoms with Crippen molar-refractivity contribution in [2.75, 3.05) is 20.3 Å². The third-order valence-electron chi connectivity index (χ3n) is 2.81. The van der Waals surface area contributed by atoms with Gasteiger partial charge in [0.25, 0.3) is 0 Å². The molecule has 0 saturated heterocycles. The molecule has 1 aromatic carbocycles. The molecule has 1 aromatic rings. The minimum absolute atomic E-state index is 0. The third kappa shape index (κ3) is 8.49. The Morgan fingerprint density at radius 2 is 1.86 bits per heavy atom. The second kappa shape index (κ2) is 11.8. The van der Waals surface area contributed by atoms with Crippen LogP contribution < -0.4 is 15.8 Å². The molecule has 1 rings (SSSR count). The van der Waals surface area contributed by atoms with E-state index < -0.39 is 0 Å². The predicted molar refractivity (Wildman–Crippen MR) is 86.0 cm³/mol. The highest BCUT2D eigenvalue weighted by molar-refractivity contribution is 5.85. The van der Waals surface area contributed by atoms with Crippen molar-refractivity contribution in [2.45, 2.75) is 25.8 Å². The second-order valence-electron chi connectivity index (χ2n) is 4.49. The van der Waals surface area contributed by atoms with E-state index in [0.717, 1.165) is 11.3 Å². The highest BCUT2D eigenvalue weighted by Gasteiger charge is 2.02. The molecule has 3 N–H and O–H groups in total. The Labute approximate surface area is 136 Å². The van der Waals surface area contributed by atoms with E-state index in [9.17, 15) is 9.59 Å². The van der Waals surface area contributed by atoms with Crippen LogP contribution in [0.15, 0.2) is 24.3 Å². The highest BCUT2D eigenvalue weighted by atomic mass is 35.5. The number of nitrogens with two attached hydrogens (primary N) is 1. The van der Waals surface area contributed by atoms with Crippen LogP contribution in [0.5, 0.6) is 5.75 Å². The highest BCUT2D eigenvalue weighted by Crippen LogP contribution is 2.12. The van der Waals surface area contributed by atoms with E-state index in [1.54, 1.807) is 0 Å². The van der Waals surface area contributed by atoms with Gasteiger partial charge in [0.15, 0.2) is 0 Å². The molecule has 0 aliphatic carbocycles. The number of esters is 1. The summed E-state index contributed by atoms with van der Waals surface area (Å²) in [5.74, 6) is 0.444. The molecule has 0 unspecified atom stereocenters. The third-order valence-corrected chi connectivity index (χ3v) is 2.81. The molecule has 0 saturated carbocycles. The zero-order valence-corrected chi connectivity index (χ0v) is 13.5. The molecular formula is C15H23ClN2O4. The first-order valence-electron chi connectivity index (χ1n) is 6.91. The van der Waals surface area contributed by atoms with Crippen molar-refractivity contribution in [3.8, 4) is 5.75 Å². The van der Waals surface area contributed by atoms with Crippen LogP contribution in [-0.2, 0) is 20.9 Å². The second-order valence-corrected chi connectivity index (χ2v) is 4.49. The minimum atomic E-state index is -0.234. The quantitative estimate of drug-likeness (QED) is 0.527. The molecule has 22 heavy (non-hydrogen) atoms. The minimum Gasteiger partial charge on any atom is -0.494 e. The van der Waals surface area contributed by atoms with Gasteiger partial charge < -0.3 is 20.5 Å². The van der Waals surface area contributed by atoms with Gasteiger partial charge in [-0.15, -0.1) is 12.4 Å². The molecule has 0 bridgehead atoms. The van der Waals surface area contributed by atoms with Gasteiger partial charge in [-0.2, -0.15) is 0 Å².